The zero-order chi connectivity index (χ0) is 19.8. The van der Waals surface area contributed by atoms with Gasteiger partial charge in [-0.1, -0.05) is 77.6 Å². The molecule has 1 aromatic heterocycles. The molecule has 0 radical (unpaired) electrons. The third-order valence-corrected chi connectivity index (χ3v) is 4.88. The van der Waals surface area contributed by atoms with E-state index in [2.05, 4.69) is 43.6 Å². The number of aromatic nitrogens is 4. The number of hydrogen-bond acceptors (Lipinski definition) is 4. The molecule has 0 amide bonds. The monoisotopic (exact) mass is 382 g/mol. The zero-order valence-electron chi connectivity index (χ0n) is 18.4. The van der Waals surface area contributed by atoms with Gasteiger partial charge in [-0.25, -0.2) is 4.68 Å². The molecule has 0 fully saturated rings. The van der Waals surface area contributed by atoms with Crippen molar-refractivity contribution in [3.05, 3.63) is 6.33 Å². The molecule has 0 aliphatic heterocycles. The van der Waals surface area contributed by atoms with Crippen LogP contribution in [-0.2, 0) is 11.3 Å². The van der Waals surface area contributed by atoms with E-state index in [9.17, 15) is 0 Å². The van der Waals surface area contributed by atoms with E-state index in [1.165, 1.54) is 70.6 Å². The maximum Gasteiger partial charge on any atom is 0.138 e. The molecule has 0 bridgehead atoms. The number of hydrogen-bond donors (Lipinski definition) is 0. The average Bonchev–Trinajstić information content (AvgIpc) is 3.10. The van der Waals surface area contributed by atoms with Gasteiger partial charge >= 0.3 is 0 Å². The Hall–Kier alpha value is -1.01. The van der Waals surface area contributed by atoms with E-state index >= 15 is 0 Å². The Labute approximate surface area is 167 Å². The molecule has 1 aromatic rings. The maximum atomic E-state index is 6.15. The second-order valence-corrected chi connectivity index (χ2v) is 8.89. The van der Waals surface area contributed by atoms with Gasteiger partial charge in [-0.05, 0) is 16.8 Å². The van der Waals surface area contributed by atoms with Crippen LogP contribution < -0.4 is 0 Å². The van der Waals surface area contributed by atoms with Crippen LogP contribution >= 0.6 is 0 Å². The minimum absolute atomic E-state index is 0.154. The van der Waals surface area contributed by atoms with Crippen molar-refractivity contribution >= 4 is 0 Å². The van der Waals surface area contributed by atoms with Crippen LogP contribution in [0.5, 0.6) is 0 Å². The van der Waals surface area contributed by atoms with Crippen LogP contribution in [0.25, 0.3) is 0 Å². The molecule has 0 aliphatic rings. The van der Waals surface area contributed by atoms with Gasteiger partial charge < -0.3 is 9.22 Å². The number of ether oxygens (including phenoxy) is 1. The summed E-state index contributed by atoms with van der Waals surface area (Å²) >= 11 is 0. The Morgan fingerprint density at radius 1 is 0.852 bits per heavy atom. The van der Waals surface area contributed by atoms with E-state index in [-0.39, 0.29) is 6.10 Å². The molecule has 0 aliphatic carbocycles. The molecular weight excluding hydrogens is 338 g/mol. The lowest BCUT2D eigenvalue weighted by molar-refractivity contribution is -0.873. The summed E-state index contributed by atoms with van der Waals surface area (Å²) in [6, 6.07) is 0. The van der Waals surface area contributed by atoms with Crippen LogP contribution in [0.3, 0.4) is 0 Å². The van der Waals surface area contributed by atoms with Gasteiger partial charge in [-0.3, -0.25) is 0 Å². The van der Waals surface area contributed by atoms with Gasteiger partial charge in [-0.15, -0.1) is 5.10 Å². The van der Waals surface area contributed by atoms with Gasteiger partial charge in [0.15, 0.2) is 0 Å². The second kappa shape index (κ2) is 15.0. The Morgan fingerprint density at radius 2 is 1.41 bits per heavy atom. The first-order valence-corrected chi connectivity index (χ1v) is 11.1. The predicted molar refractivity (Wildman–Crippen MR) is 112 cm³/mol. The lowest BCUT2D eigenvalue weighted by atomic mass is 10.1. The fourth-order valence-electron chi connectivity index (χ4n) is 3.44. The van der Waals surface area contributed by atoms with E-state index in [1.54, 1.807) is 11.0 Å². The Kier molecular flexibility index (Phi) is 13.3. The summed E-state index contributed by atoms with van der Waals surface area (Å²) in [6.45, 7) is 4.80. The van der Waals surface area contributed by atoms with Crippen molar-refractivity contribution in [1.82, 2.24) is 20.2 Å². The molecule has 0 saturated carbocycles. The topological polar surface area (TPSA) is 52.8 Å². The zero-order valence-corrected chi connectivity index (χ0v) is 18.4. The number of nitrogens with zero attached hydrogens (tertiary/aromatic N) is 5. The van der Waals surface area contributed by atoms with Crippen molar-refractivity contribution in [1.29, 1.82) is 0 Å². The van der Waals surface area contributed by atoms with Gasteiger partial charge in [0.25, 0.3) is 0 Å². The van der Waals surface area contributed by atoms with Crippen molar-refractivity contribution in [3.63, 3.8) is 0 Å². The van der Waals surface area contributed by atoms with Gasteiger partial charge in [-0.2, -0.15) is 0 Å². The van der Waals surface area contributed by atoms with Crippen LogP contribution in [0.15, 0.2) is 6.33 Å². The summed E-state index contributed by atoms with van der Waals surface area (Å²) in [6.07, 6.45) is 18.3. The largest absolute Gasteiger partial charge is 0.370 e. The molecule has 0 N–H and O–H groups in total. The van der Waals surface area contributed by atoms with Crippen LogP contribution in [-0.4, -0.2) is 65.1 Å². The highest BCUT2D eigenvalue weighted by molar-refractivity contribution is 4.59. The number of likely N-dealkylation sites (N-methyl/N-ethyl adjacent to an activating group) is 1. The summed E-state index contributed by atoms with van der Waals surface area (Å²) in [5.41, 5.74) is 0. The summed E-state index contributed by atoms with van der Waals surface area (Å²) in [5, 5.41) is 11.4. The molecule has 1 atom stereocenters. The van der Waals surface area contributed by atoms with Gasteiger partial charge in [0.2, 0.25) is 0 Å². The van der Waals surface area contributed by atoms with Crippen LogP contribution in [0.2, 0.25) is 0 Å². The second-order valence-electron chi connectivity index (χ2n) is 8.89. The highest BCUT2D eigenvalue weighted by Crippen LogP contribution is 2.12. The summed E-state index contributed by atoms with van der Waals surface area (Å²) in [4.78, 5) is 0. The fourth-order valence-corrected chi connectivity index (χ4v) is 3.44. The lowest BCUT2D eigenvalue weighted by Gasteiger charge is -2.29. The predicted octanol–water partition coefficient (Wildman–Crippen LogP) is 4.47. The third kappa shape index (κ3) is 14.7. The Morgan fingerprint density at radius 3 is 1.89 bits per heavy atom. The van der Waals surface area contributed by atoms with Crippen molar-refractivity contribution < 1.29 is 9.22 Å². The van der Waals surface area contributed by atoms with Crippen molar-refractivity contribution in [3.8, 4) is 0 Å². The average molecular weight is 383 g/mol. The van der Waals surface area contributed by atoms with E-state index in [4.69, 9.17) is 4.74 Å². The first kappa shape index (κ1) is 24.0. The normalized spacial score (nSPS) is 13.2. The summed E-state index contributed by atoms with van der Waals surface area (Å²) in [5.74, 6) is 0. The SMILES string of the molecule is CCCCCCCCCCCCCCOC(Cn1cnnn1)C[N+](C)(C)C. The number of rotatable bonds is 18. The molecule has 1 unspecified atom stereocenters. The molecule has 0 spiro atoms. The van der Waals surface area contributed by atoms with Gasteiger partial charge in [0, 0.05) is 6.61 Å². The first-order chi connectivity index (χ1) is 13.0. The van der Waals surface area contributed by atoms with E-state index < -0.39 is 0 Å². The van der Waals surface area contributed by atoms with Crippen molar-refractivity contribution in [2.75, 3.05) is 34.3 Å². The molecule has 0 saturated heterocycles. The maximum absolute atomic E-state index is 6.15. The van der Waals surface area contributed by atoms with Crippen molar-refractivity contribution in [2.45, 2.75) is 96.6 Å². The van der Waals surface area contributed by atoms with Crippen LogP contribution in [0.4, 0.5) is 0 Å². The third-order valence-electron chi connectivity index (χ3n) is 4.88. The van der Waals surface area contributed by atoms with Crippen LogP contribution in [0, 0.1) is 0 Å². The number of tetrazole rings is 1. The summed E-state index contributed by atoms with van der Waals surface area (Å²) < 4.78 is 8.80. The number of unbranched alkanes of at least 4 members (excludes halogenated alkanes) is 11. The minimum atomic E-state index is 0.154. The van der Waals surface area contributed by atoms with Crippen molar-refractivity contribution in [2.24, 2.45) is 0 Å². The Bertz CT molecular complexity index is 430. The van der Waals surface area contributed by atoms with Gasteiger partial charge in [0.1, 0.15) is 19.0 Å². The first-order valence-electron chi connectivity index (χ1n) is 11.1. The van der Waals surface area contributed by atoms with E-state index in [0.29, 0.717) is 0 Å². The molecular formula is C21H44N5O+. The van der Waals surface area contributed by atoms with Gasteiger partial charge in [0.05, 0.1) is 27.7 Å². The van der Waals surface area contributed by atoms with E-state index in [0.717, 1.165) is 30.6 Å². The molecule has 6 nitrogen and oxygen atoms in total. The fraction of sp³-hybridized carbons (Fsp3) is 0.952. The molecule has 27 heavy (non-hydrogen) atoms. The molecule has 1 heterocycles. The number of quaternary nitrogens is 1. The summed E-state index contributed by atoms with van der Waals surface area (Å²) in [7, 11) is 6.58. The Balaban J connectivity index is 2.00. The van der Waals surface area contributed by atoms with Crippen LogP contribution in [0.1, 0.15) is 84.0 Å². The minimum Gasteiger partial charge on any atom is -0.370 e. The molecule has 1 rings (SSSR count). The van der Waals surface area contributed by atoms with E-state index in [1.807, 2.05) is 0 Å². The smallest absolute Gasteiger partial charge is 0.138 e. The highest BCUT2D eigenvalue weighted by Gasteiger charge is 2.19. The molecule has 158 valence electrons. The standard InChI is InChI=1S/C21H44N5O/c1-5-6-7-8-9-10-11-12-13-14-15-16-17-27-21(19-26(2,3)4)18-25-20-22-23-24-25/h20-21H,5-19H2,1-4H3/q+1. The highest BCUT2D eigenvalue weighted by atomic mass is 16.5. The molecule has 0 aromatic carbocycles. The lowest BCUT2D eigenvalue weighted by Crippen LogP contribution is -2.44. The quantitative estimate of drug-likeness (QED) is 0.278. The molecule has 6 heteroatoms.